The second-order valence-electron chi connectivity index (χ2n) is 4.44. The zero-order chi connectivity index (χ0) is 17.3. The number of rotatable bonds is 11. The maximum Gasteiger partial charge on any atom is 0.235 e. The lowest BCUT2D eigenvalue weighted by atomic mass is 10.2. The van der Waals surface area contributed by atoms with E-state index >= 15 is 0 Å². The SMILES string of the molecule is COCCOCCS(=O)(=O)Nc1cc(OC)c(OC)c(OC)c1. The number of hydrogen-bond acceptors (Lipinski definition) is 7. The van der Waals surface area contributed by atoms with Crippen molar-refractivity contribution in [1.82, 2.24) is 0 Å². The van der Waals surface area contributed by atoms with Crippen molar-refractivity contribution in [2.45, 2.75) is 0 Å². The summed E-state index contributed by atoms with van der Waals surface area (Å²) in [6.07, 6.45) is 0. The van der Waals surface area contributed by atoms with Gasteiger partial charge in [0.15, 0.2) is 11.5 Å². The molecule has 0 radical (unpaired) electrons. The monoisotopic (exact) mass is 349 g/mol. The third kappa shape index (κ3) is 6.12. The maximum atomic E-state index is 12.1. The predicted molar refractivity (Wildman–Crippen MR) is 86.2 cm³/mol. The molecule has 0 atom stereocenters. The zero-order valence-corrected chi connectivity index (χ0v) is 14.6. The largest absolute Gasteiger partial charge is 0.493 e. The number of nitrogens with one attached hydrogen (secondary N) is 1. The lowest BCUT2D eigenvalue weighted by molar-refractivity contribution is 0.0785. The van der Waals surface area contributed by atoms with Crippen LogP contribution in [0.25, 0.3) is 0 Å². The molecule has 8 nitrogen and oxygen atoms in total. The Morgan fingerprint density at radius 1 is 0.913 bits per heavy atom. The van der Waals surface area contributed by atoms with Crippen LogP contribution in [0.2, 0.25) is 0 Å². The Kier molecular flexibility index (Phi) is 7.93. The van der Waals surface area contributed by atoms with E-state index in [0.717, 1.165) is 0 Å². The molecule has 0 heterocycles. The van der Waals surface area contributed by atoms with Crippen molar-refractivity contribution < 1.29 is 32.1 Å². The van der Waals surface area contributed by atoms with Crippen molar-refractivity contribution in [3.05, 3.63) is 12.1 Å². The van der Waals surface area contributed by atoms with Gasteiger partial charge in [-0.2, -0.15) is 0 Å². The molecule has 0 saturated heterocycles. The number of hydrogen-bond donors (Lipinski definition) is 1. The first-order chi connectivity index (χ1) is 11.0. The van der Waals surface area contributed by atoms with Crippen molar-refractivity contribution in [2.75, 3.05) is 58.7 Å². The Labute approximate surface area is 136 Å². The van der Waals surface area contributed by atoms with E-state index in [-0.39, 0.29) is 12.4 Å². The molecule has 23 heavy (non-hydrogen) atoms. The van der Waals surface area contributed by atoms with Crippen LogP contribution in [-0.2, 0) is 19.5 Å². The van der Waals surface area contributed by atoms with Crippen LogP contribution in [0.3, 0.4) is 0 Å². The topological polar surface area (TPSA) is 92.3 Å². The van der Waals surface area contributed by atoms with Crippen LogP contribution in [0.4, 0.5) is 5.69 Å². The number of ether oxygens (including phenoxy) is 5. The molecule has 0 spiro atoms. The molecule has 0 unspecified atom stereocenters. The van der Waals surface area contributed by atoms with Gasteiger partial charge in [-0.1, -0.05) is 0 Å². The summed E-state index contributed by atoms with van der Waals surface area (Å²) in [6.45, 7) is 0.833. The first-order valence-electron chi connectivity index (χ1n) is 6.84. The van der Waals surface area contributed by atoms with Crippen molar-refractivity contribution in [3.8, 4) is 17.2 Å². The number of anilines is 1. The Morgan fingerprint density at radius 2 is 1.52 bits per heavy atom. The highest BCUT2D eigenvalue weighted by molar-refractivity contribution is 7.92. The van der Waals surface area contributed by atoms with E-state index in [1.54, 1.807) is 7.11 Å². The third-order valence-corrected chi connectivity index (χ3v) is 4.12. The molecule has 132 valence electrons. The van der Waals surface area contributed by atoms with Gasteiger partial charge in [0.05, 0.1) is 52.6 Å². The van der Waals surface area contributed by atoms with Gasteiger partial charge in [-0.15, -0.1) is 0 Å². The fourth-order valence-corrected chi connectivity index (χ4v) is 2.70. The summed E-state index contributed by atoms with van der Waals surface area (Å²) >= 11 is 0. The molecule has 0 saturated carbocycles. The average molecular weight is 349 g/mol. The van der Waals surface area contributed by atoms with Crippen LogP contribution < -0.4 is 18.9 Å². The van der Waals surface area contributed by atoms with Crippen LogP contribution in [-0.4, -0.2) is 62.4 Å². The van der Waals surface area contributed by atoms with Crippen LogP contribution in [0.1, 0.15) is 0 Å². The van der Waals surface area contributed by atoms with Gasteiger partial charge in [-0.25, -0.2) is 8.42 Å². The predicted octanol–water partition coefficient (Wildman–Crippen LogP) is 1.12. The molecule has 0 bridgehead atoms. The van der Waals surface area contributed by atoms with Gasteiger partial charge in [0.1, 0.15) is 0 Å². The molecule has 0 aromatic heterocycles. The Morgan fingerprint density at radius 3 is 2.00 bits per heavy atom. The first-order valence-corrected chi connectivity index (χ1v) is 8.49. The lowest BCUT2D eigenvalue weighted by Gasteiger charge is -2.15. The van der Waals surface area contributed by atoms with Gasteiger partial charge in [0.25, 0.3) is 0 Å². The van der Waals surface area contributed by atoms with Gasteiger partial charge < -0.3 is 23.7 Å². The highest BCUT2D eigenvalue weighted by Crippen LogP contribution is 2.40. The number of sulfonamides is 1. The van der Waals surface area contributed by atoms with Crippen LogP contribution in [0.5, 0.6) is 17.2 Å². The summed E-state index contributed by atoms with van der Waals surface area (Å²) in [5, 5.41) is 0. The molecule has 1 aromatic carbocycles. The highest BCUT2D eigenvalue weighted by atomic mass is 32.2. The summed E-state index contributed by atoms with van der Waals surface area (Å²) in [6, 6.07) is 3.04. The van der Waals surface area contributed by atoms with E-state index in [1.807, 2.05) is 0 Å². The molecule has 0 fully saturated rings. The fourth-order valence-electron chi connectivity index (χ4n) is 1.78. The first kappa shape index (κ1) is 19.3. The zero-order valence-electron chi connectivity index (χ0n) is 13.7. The van der Waals surface area contributed by atoms with Gasteiger partial charge in [0, 0.05) is 19.2 Å². The van der Waals surface area contributed by atoms with Crippen molar-refractivity contribution in [3.63, 3.8) is 0 Å². The summed E-state index contributed by atoms with van der Waals surface area (Å²) < 4.78 is 52.1. The standard InChI is InChI=1S/C14H23NO7S/c1-18-5-6-22-7-8-23(16,17)15-11-9-12(19-2)14(21-4)13(10-11)20-3/h9-10,15H,5-8H2,1-4H3. The second kappa shape index (κ2) is 9.43. The molecule has 0 amide bonds. The van der Waals surface area contributed by atoms with Crippen molar-refractivity contribution in [1.29, 1.82) is 0 Å². The minimum Gasteiger partial charge on any atom is -0.493 e. The van der Waals surface area contributed by atoms with Gasteiger partial charge in [-0.3, -0.25) is 4.72 Å². The Hall–Kier alpha value is -1.71. The minimum absolute atomic E-state index is 0.0725. The van der Waals surface area contributed by atoms with E-state index in [0.29, 0.717) is 36.1 Å². The van der Waals surface area contributed by atoms with Crippen LogP contribution in [0, 0.1) is 0 Å². The molecule has 0 aliphatic heterocycles. The number of methoxy groups -OCH3 is 4. The van der Waals surface area contributed by atoms with E-state index in [1.165, 1.54) is 33.5 Å². The normalized spacial score (nSPS) is 11.1. The average Bonchev–Trinajstić information content (AvgIpc) is 2.53. The molecule has 1 N–H and O–H groups in total. The molecule has 9 heteroatoms. The van der Waals surface area contributed by atoms with Gasteiger partial charge in [-0.05, 0) is 0 Å². The van der Waals surface area contributed by atoms with Crippen molar-refractivity contribution in [2.24, 2.45) is 0 Å². The van der Waals surface area contributed by atoms with E-state index in [9.17, 15) is 8.42 Å². The van der Waals surface area contributed by atoms with E-state index < -0.39 is 10.0 Å². The molecule has 0 aliphatic carbocycles. The van der Waals surface area contributed by atoms with E-state index in [2.05, 4.69) is 4.72 Å². The summed E-state index contributed by atoms with van der Waals surface area (Å²) in [4.78, 5) is 0. The molecule has 1 rings (SSSR count). The van der Waals surface area contributed by atoms with Crippen molar-refractivity contribution >= 4 is 15.7 Å². The molecule has 0 aliphatic rings. The number of benzene rings is 1. The Balaban J connectivity index is 2.79. The van der Waals surface area contributed by atoms with Crippen LogP contribution >= 0.6 is 0 Å². The van der Waals surface area contributed by atoms with Gasteiger partial charge >= 0.3 is 0 Å². The van der Waals surface area contributed by atoms with Gasteiger partial charge in [0.2, 0.25) is 15.8 Å². The smallest absolute Gasteiger partial charge is 0.235 e. The molecular weight excluding hydrogens is 326 g/mol. The fraction of sp³-hybridized carbons (Fsp3) is 0.571. The van der Waals surface area contributed by atoms with Crippen LogP contribution in [0.15, 0.2) is 12.1 Å². The molecule has 1 aromatic rings. The quantitative estimate of drug-likeness (QED) is 0.598. The minimum atomic E-state index is -3.56. The lowest BCUT2D eigenvalue weighted by Crippen LogP contribution is -2.21. The summed E-state index contributed by atoms with van der Waals surface area (Å²) in [5.41, 5.74) is 0.316. The Bertz CT molecular complexity index is 564. The van der Waals surface area contributed by atoms with E-state index in [4.69, 9.17) is 23.7 Å². The maximum absolute atomic E-state index is 12.1. The molecular formula is C14H23NO7S. The third-order valence-electron chi connectivity index (χ3n) is 2.87. The second-order valence-corrected chi connectivity index (χ2v) is 6.28. The highest BCUT2D eigenvalue weighted by Gasteiger charge is 2.17. The summed E-state index contributed by atoms with van der Waals surface area (Å²) in [7, 11) is 2.38. The summed E-state index contributed by atoms with van der Waals surface area (Å²) in [5.74, 6) is 0.940.